The first kappa shape index (κ1) is 41.1. The molecule has 2 saturated carbocycles. The van der Waals surface area contributed by atoms with Crippen molar-refractivity contribution < 1.29 is 23.8 Å². The van der Waals surface area contributed by atoms with Gasteiger partial charge in [-0.3, -0.25) is 14.6 Å². The molecule has 52 heavy (non-hydrogen) atoms. The van der Waals surface area contributed by atoms with E-state index in [0.29, 0.717) is 62.8 Å². The van der Waals surface area contributed by atoms with Gasteiger partial charge >= 0.3 is 0 Å². The summed E-state index contributed by atoms with van der Waals surface area (Å²) in [6.45, 7) is 5.23. The highest BCUT2D eigenvalue weighted by Gasteiger charge is 2.38. The van der Waals surface area contributed by atoms with E-state index >= 15 is 0 Å². The van der Waals surface area contributed by atoms with Crippen molar-refractivity contribution in [2.45, 2.75) is 89.1 Å². The first-order valence-electron chi connectivity index (χ1n) is 18.8. The molecule has 0 saturated heterocycles. The van der Waals surface area contributed by atoms with E-state index in [-0.39, 0.29) is 30.3 Å². The van der Waals surface area contributed by atoms with Crippen LogP contribution in [0.5, 0.6) is 0 Å². The average molecular weight is 741 g/mol. The summed E-state index contributed by atoms with van der Waals surface area (Å²) in [4.78, 5) is 41.3. The maximum absolute atomic E-state index is 13.0. The first-order chi connectivity index (χ1) is 25.0. The lowest BCUT2D eigenvalue weighted by molar-refractivity contribution is -0.126. The molecule has 6 N–H and O–H groups in total. The van der Waals surface area contributed by atoms with Crippen molar-refractivity contribution in [1.29, 1.82) is 0 Å². The zero-order valence-electron chi connectivity index (χ0n) is 30.3. The number of fused-ring (bicyclic) bond motifs is 1. The molecule has 2 aliphatic rings. The van der Waals surface area contributed by atoms with E-state index in [1.54, 1.807) is 18.6 Å². The number of unbranched alkanes of at least 4 members (excludes halogenated alkanes) is 4. The Morgan fingerprint density at radius 1 is 0.788 bits per heavy atom. The molecule has 2 fully saturated rings. The highest BCUT2D eigenvalue weighted by Crippen LogP contribution is 2.41. The van der Waals surface area contributed by atoms with E-state index < -0.39 is 5.91 Å². The molecule has 2 amide bonds. The molecule has 0 aliphatic heterocycles. The van der Waals surface area contributed by atoms with Gasteiger partial charge in [-0.1, -0.05) is 0 Å². The number of nitrogens with two attached hydrogens (primary N) is 2. The summed E-state index contributed by atoms with van der Waals surface area (Å²) < 4.78 is 16.8. The van der Waals surface area contributed by atoms with Gasteiger partial charge in [0.25, 0.3) is 5.91 Å². The highest BCUT2D eigenvalue weighted by atomic mass is 35.5. The number of anilines is 3. The minimum absolute atomic E-state index is 0. The lowest BCUT2D eigenvalue weighted by Crippen LogP contribution is -2.43. The summed E-state index contributed by atoms with van der Waals surface area (Å²) in [5.74, 6) is 0.900. The van der Waals surface area contributed by atoms with Gasteiger partial charge in [0, 0.05) is 67.8 Å². The van der Waals surface area contributed by atoms with Crippen LogP contribution in [0.2, 0.25) is 0 Å². The van der Waals surface area contributed by atoms with Crippen LogP contribution in [0.15, 0.2) is 42.9 Å². The van der Waals surface area contributed by atoms with Gasteiger partial charge in [-0.2, -0.15) is 0 Å². The number of carbonyl (C=O) groups is 2. The molecule has 2 aliphatic carbocycles. The Bertz CT molecular complexity index is 1520. The summed E-state index contributed by atoms with van der Waals surface area (Å²) in [6, 6.07) is 8.19. The molecule has 3 aromatic rings. The minimum atomic E-state index is -0.499. The van der Waals surface area contributed by atoms with Gasteiger partial charge in [0.1, 0.15) is 11.6 Å². The van der Waals surface area contributed by atoms with Crippen LogP contribution in [-0.2, 0) is 19.0 Å². The fourth-order valence-electron chi connectivity index (χ4n) is 6.67. The third kappa shape index (κ3) is 13.1. The fraction of sp³-hybridized carbons (Fsp3) is 0.605. The number of nitrogens with zero attached hydrogens (tertiary/aromatic N) is 4. The predicted octanol–water partition coefficient (Wildman–Crippen LogP) is 5.28. The van der Waals surface area contributed by atoms with E-state index in [1.807, 2.05) is 24.3 Å². The molecular formula is C38H57ClN8O5. The van der Waals surface area contributed by atoms with Gasteiger partial charge in [0.05, 0.1) is 43.2 Å². The van der Waals surface area contributed by atoms with Gasteiger partial charge in [-0.25, -0.2) is 9.97 Å². The van der Waals surface area contributed by atoms with E-state index in [4.69, 9.17) is 25.7 Å². The number of pyridine rings is 3. The summed E-state index contributed by atoms with van der Waals surface area (Å²) >= 11 is 0. The normalized spacial score (nSPS) is 17.0. The van der Waals surface area contributed by atoms with Crippen molar-refractivity contribution in [3.05, 3.63) is 48.4 Å². The highest BCUT2D eigenvalue weighted by molar-refractivity contribution is 5.99. The fourth-order valence-corrected chi connectivity index (χ4v) is 6.67. The average Bonchev–Trinajstić information content (AvgIpc) is 3.98. The van der Waals surface area contributed by atoms with Crippen molar-refractivity contribution in [3.8, 4) is 0 Å². The quantitative estimate of drug-likeness (QED) is 0.0878. The van der Waals surface area contributed by atoms with Gasteiger partial charge in [-0.05, 0) is 102 Å². The number of aromatic nitrogens is 3. The largest absolute Gasteiger partial charge is 0.379 e. The third-order valence-corrected chi connectivity index (χ3v) is 9.57. The second-order valence-electron chi connectivity index (χ2n) is 13.5. The third-order valence-electron chi connectivity index (χ3n) is 9.57. The van der Waals surface area contributed by atoms with Crippen molar-refractivity contribution in [2.24, 2.45) is 17.4 Å². The van der Waals surface area contributed by atoms with Crippen LogP contribution < -0.4 is 27.0 Å². The maximum atomic E-state index is 13.0. The van der Waals surface area contributed by atoms with E-state index in [9.17, 15) is 9.59 Å². The second-order valence-corrected chi connectivity index (χ2v) is 13.5. The van der Waals surface area contributed by atoms with Gasteiger partial charge in [0.2, 0.25) is 5.91 Å². The van der Waals surface area contributed by atoms with Crippen LogP contribution in [0.4, 0.5) is 17.3 Å². The summed E-state index contributed by atoms with van der Waals surface area (Å²) in [5, 5.41) is 7.42. The molecule has 0 bridgehead atoms. The van der Waals surface area contributed by atoms with E-state index in [2.05, 4.69) is 30.5 Å². The van der Waals surface area contributed by atoms with Crippen LogP contribution in [0.3, 0.4) is 0 Å². The molecule has 3 aromatic heterocycles. The van der Waals surface area contributed by atoms with Crippen LogP contribution in [0.1, 0.15) is 87.4 Å². The van der Waals surface area contributed by atoms with Gasteiger partial charge < -0.3 is 41.2 Å². The van der Waals surface area contributed by atoms with Crippen molar-refractivity contribution >= 4 is 52.4 Å². The Hall–Kier alpha value is -3.62. The molecule has 0 aromatic carbocycles. The molecule has 13 nitrogen and oxygen atoms in total. The smallest absolute Gasteiger partial charge is 0.252 e. The number of rotatable bonds is 24. The zero-order chi connectivity index (χ0) is 35.7. The SMILES string of the molecule is Cl.NCCCCCOCCOCCOCCCCCNC(=O)C1CCC(N(c2cc(Nc3ccc4cnccc4n3)ncc2C(N)=O)C2CC2)CC1. The lowest BCUT2D eigenvalue weighted by Gasteiger charge is -2.39. The monoisotopic (exact) mass is 740 g/mol. The molecule has 0 atom stereocenters. The van der Waals surface area contributed by atoms with Crippen LogP contribution in [0.25, 0.3) is 10.9 Å². The Labute approximate surface area is 313 Å². The molecular weight excluding hydrogens is 684 g/mol. The number of carbonyl (C=O) groups excluding carboxylic acids is 2. The summed E-state index contributed by atoms with van der Waals surface area (Å²) in [5.41, 5.74) is 13.4. The van der Waals surface area contributed by atoms with Crippen molar-refractivity contribution in [3.63, 3.8) is 0 Å². The first-order valence-corrected chi connectivity index (χ1v) is 18.8. The summed E-state index contributed by atoms with van der Waals surface area (Å²) in [6.07, 6.45) is 16.7. The number of hydrogen-bond acceptors (Lipinski definition) is 11. The number of nitrogens with one attached hydrogen (secondary N) is 2. The predicted molar refractivity (Wildman–Crippen MR) is 206 cm³/mol. The van der Waals surface area contributed by atoms with Crippen LogP contribution in [0, 0.1) is 5.92 Å². The standard InChI is InChI=1S/C38H56N8O5.ClH/c39-16-3-1-5-19-49-21-23-51-24-22-50-20-6-2-4-17-42-38(48)28-7-10-30(11-8-28)46(31-12-13-31)34-25-36(43-27-32(34)37(40)47)45-35-14-9-29-26-41-18-15-33(29)44-35;/h9,14-15,18,25-28,30-31H,1-8,10-13,16-17,19-24,39H2,(H2,40,47)(H,42,48)(H,43,44,45);1H. The Morgan fingerprint density at radius 2 is 1.44 bits per heavy atom. The molecule has 0 spiro atoms. The van der Waals surface area contributed by atoms with Crippen molar-refractivity contribution in [1.82, 2.24) is 20.3 Å². The topological polar surface area (TPSA) is 180 Å². The Morgan fingerprint density at radius 3 is 2.10 bits per heavy atom. The number of hydrogen-bond donors (Lipinski definition) is 4. The van der Waals surface area contributed by atoms with Gasteiger partial charge in [-0.15, -0.1) is 12.4 Å². The summed E-state index contributed by atoms with van der Waals surface area (Å²) in [7, 11) is 0. The number of halogens is 1. The number of primary amides is 1. The molecule has 286 valence electrons. The maximum Gasteiger partial charge on any atom is 0.252 e. The number of amides is 2. The second kappa shape index (κ2) is 22.4. The van der Waals surface area contributed by atoms with Crippen LogP contribution in [-0.4, -0.2) is 91.6 Å². The molecule has 0 radical (unpaired) electrons. The molecule has 3 heterocycles. The Balaban J connectivity index is 0.00000605. The molecule has 0 unspecified atom stereocenters. The minimum Gasteiger partial charge on any atom is -0.379 e. The zero-order valence-corrected chi connectivity index (χ0v) is 31.1. The Kier molecular flexibility index (Phi) is 17.8. The molecule has 14 heteroatoms. The van der Waals surface area contributed by atoms with E-state index in [1.165, 1.54) is 0 Å². The number of ether oxygens (including phenoxy) is 3. The van der Waals surface area contributed by atoms with Gasteiger partial charge in [0.15, 0.2) is 0 Å². The molecule has 5 rings (SSSR count). The van der Waals surface area contributed by atoms with Crippen molar-refractivity contribution in [2.75, 3.05) is 62.9 Å². The van der Waals surface area contributed by atoms with E-state index in [0.717, 1.165) is 107 Å². The lowest BCUT2D eigenvalue weighted by atomic mass is 9.84. The van der Waals surface area contributed by atoms with Crippen LogP contribution >= 0.6 is 12.4 Å².